The summed E-state index contributed by atoms with van der Waals surface area (Å²) in [7, 11) is 1.46. The van der Waals surface area contributed by atoms with Crippen LogP contribution in [0.15, 0.2) is 23.6 Å². The summed E-state index contributed by atoms with van der Waals surface area (Å²) in [4.78, 5) is 4.45. The molecule has 0 fully saturated rings. The van der Waals surface area contributed by atoms with Gasteiger partial charge in [0.25, 0.3) is 0 Å². The first kappa shape index (κ1) is 13.0. The van der Waals surface area contributed by atoms with Gasteiger partial charge in [-0.25, -0.2) is 9.37 Å². The van der Waals surface area contributed by atoms with Gasteiger partial charge in [-0.2, -0.15) is 0 Å². The summed E-state index contributed by atoms with van der Waals surface area (Å²) in [6.07, 6.45) is 1.42. The van der Waals surface area contributed by atoms with Crippen molar-refractivity contribution in [3.63, 3.8) is 0 Å². The number of rotatable bonds is 5. The van der Waals surface area contributed by atoms with Gasteiger partial charge in [-0.1, -0.05) is 6.07 Å². The van der Waals surface area contributed by atoms with Crippen LogP contribution in [0.4, 0.5) is 4.39 Å². The third kappa shape index (κ3) is 3.05. The molecule has 2 rings (SSSR count). The molecular formula is C13H15FN2OS. The van der Waals surface area contributed by atoms with Gasteiger partial charge in [0.2, 0.25) is 0 Å². The van der Waals surface area contributed by atoms with E-state index in [0.717, 1.165) is 22.7 Å². The van der Waals surface area contributed by atoms with E-state index in [2.05, 4.69) is 4.98 Å². The van der Waals surface area contributed by atoms with E-state index < -0.39 is 0 Å². The zero-order valence-electron chi connectivity index (χ0n) is 10.1. The standard InChI is InChI=1S/C13H15FN2OS/c1-17-12-3-2-9(6-11(12)14)7-13-16-10(4-5-15)8-18-13/h2-3,6,8H,4-5,7,15H2,1H3. The molecule has 0 bridgehead atoms. The topological polar surface area (TPSA) is 48.1 Å². The molecule has 0 saturated carbocycles. The van der Waals surface area contributed by atoms with Crippen LogP contribution in [-0.4, -0.2) is 18.6 Å². The fourth-order valence-corrected chi connectivity index (χ4v) is 2.55. The van der Waals surface area contributed by atoms with Crippen molar-refractivity contribution in [2.24, 2.45) is 5.73 Å². The van der Waals surface area contributed by atoms with Gasteiger partial charge >= 0.3 is 0 Å². The van der Waals surface area contributed by atoms with Gasteiger partial charge < -0.3 is 10.5 Å². The van der Waals surface area contributed by atoms with E-state index in [-0.39, 0.29) is 11.6 Å². The molecule has 0 aliphatic rings. The molecule has 0 amide bonds. The minimum absolute atomic E-state index is 0.265. The SMILES string of the molecule is COc1ccc(Cc2nc(CCN)cs2)cc1F. The predicted octanol–water partition coefficient (Wildman–Crippen LogP) is 2.38. The third-order valence-corrected chi connectivity index (χ3v) is 3.47. The van der Waals surface area contributed by atoms with E-state index in [1.807, 2.05) is 11.4 Å². The Labute approximate surface area is 109 Å². The zero-order valence-corrected chi connectivity index (χ0v) is 11.0. The van der Waals surface area contributed by atoms with Gasteiger partial charge in [-0.3, -0.25) is 0 Å². The summed E-state index contributed by atoms with van der Waals surface area (Å²) < 4.78 is 18.4. The average molecular weight is 266 g/mol. The number of aromatic nitrogens is 1. The fraction of sp³-hybridized carbons (Fsp3) is 0.308. The minimum Gasteiger partial charge on any atom is -0.494 e. The van der Waals surface area contributed by atoms with E-state index in [9.17, 15) is 4.39 Å². The minimum atomic E-state index is -0.339. The van der Waals surface area contributed by atoms with Crippen molar-refractivity contribution in [1.29, 1.82) is 0 Å². The quantitative estimate of drug-likeness (QED) is 0.904. The maximum Gasteiger partial charge on any atom is 0.165 e. The van der Waals surface area contributed by atoms with Crippen molar-refractivity contribution < 1.29 is 9.13 Å². The Kier molecular flexibility index (Phi) is 4.28. The molecular weight excluding hydrogens is 251 g/mol. The Morgan fingerprint density at radius 1 is 1.44 bits per heavy atom. The second-order valence-corrected chi connectivity index (χ2v) is 4.86. The normalized spacial score (nSPS) is 10.6. The number of hydrogen-bond donors (Lipinski definition) is 1. The molecule has 1 heterocycles. The Morgan fingerprint density at radius 3 is 2.94 bits per heavy atom. The number of halogens is 1. The highest BCUT2D eigenvalue weighted by molar-refractivity contribution is 7.09. The molecule has 0 aliphatic carbocycles. The molecule has 0 unspecified atom stereocenters. The lowest BCUT2D eigenvalue weighted by atomic mass is 10.1. The summed E-state index contributed by atoms with van der Waals surface area (Å²) in [5, 5.41) is 2.98. The van der Waals surface area contributed by atoms with Gasteiger partial charge in [0.1, 0.15) is 0 Å². The summed E-state index contributed by atoms with van der Waals surface area (Å²) in [5.74, 6) is -0.0737. The highest BCUT2D eigenvalue weighted by atomic mass is 32.1. The summed E-state index contributed by atoms with van der Waals surface area (Å²) >= 11 is 1.58. The summed E-state index contributed by atoms with van der Waals surface area (Å²) in [6, 6.07) is 4.98. The summed E-state index contributed by atoms with van der Waals surface area (Å²) in [6.45, 7) is 0.598. The maximum absolute atomic E-state index is 13.5. The molecule has 0 saturated heterocycles. The van der Waals surface area contributed by atoms with Crippen LogP contribution >= 0.6 is 11.3 Å². The summed E-state index contributed by atoms with van der Waals surface area (Å²) in [5.41, 5.74) is 7.37. The number of methoxy groups -OCH3 is 1. The molecule has 5 heteroatoms. The lowest BCUT2D eigenvalue weighted by molar-refractivity contribution is 0.386. The molecule has 1 aromatic carbocycles. The van der Waals surface area contributed by atoms with Crippen LogP contribution in [0.3, 0.4) is 0 Å². The van der Waals surface area contributed by atoms with Crippen molar-refractivity contribution in [1.82, 2.24) is 4.98 Å². The van der Waals surface area contributed by atoms with Gasteiger partial charge in [0, 0.05) is 18.2 Å². The molecule has 2 aromatic rings. The third-order valence-electron chi connectivity index (χ3n) is 2.57. The highest BCUT2D eigenvalue weighted by Gasteiger charge is 2.06. The molecule has 1 aromatic heterocycles. The average Bonchev–Trinajstić information content (AvgIpc) is 2.77. The van der Waals surface area contributed by atoms with Gasteiger partial charge in [0.15, 0.2) is 11.6 Å². The van der Waals surface area contributed by atoms with Crippen molar-refractivity contribution in [3.8, 4) is 5.75 Å². The van der Waals surface area contributed by atoms with Crippen LogP contribution in [0.2, 0.25) is 0 Å². The molecule has 2 N–H and O–H groups in total. The largest absolute Gasteiger partial charge is 0.494 e. The maximum atomic E-state index is 13.5. The van der Waals surface area contributed by atoms with Crippen molar-refractivity contribution in [3.05, 3.63) is 45.7 Å². The van der Waals surface area contributed by atoms with E-state index in [1.54, 1.807) is 17.4 Å². The van der Waals surface area contributed by atoms with E-state index in [1.165, 1.54) is 13.2 Å². The second-order valence-electron chi connectivity index (χ2n) is 3.92. The smallest absolute Gasteiger partial charge is 0.165 e. The Morgan fingerprint density at radius 2 is 2.28 bits per heavy atom. The van der Waals surface area contributed by atoms with E-state index in [0.29, 0.717) is 13.0 Å². The second kappa shape index (κ2) is 5.93. The number of nitrogens with two attached hydrogens (primary N) is 1. The molecule has 0 aliphatic heterocycles. The molecule has 0 spiro atoms. The van der Waals surface area contributed by atoms with Crippen LogP contribution in [0.25, 0.3) is 0 Å². The molecule has 3 nitrogen and oxygen atoms in total. The van der Waals surface area contributed by atoms with Crippen molar-refractivity contribution in [2.45, 2.75) is 12.8 Å². The van der Waals surface area contributed by atoms with Crippen LogP contribution in [0.1, 0.15) is 16.3 Å². The number of nitrogens with zero attached hydrogens (tertiary/aromatic N) is 1. The van der Waals surface area contributed by atoms with Crippen molar-refractivity contribution >= 4 is 11.3 Å². The first-order valence-corrected chi connectivity index (χ1v) is 6.56. The first-order chi connectivity index (χ1) is 8.72. The van der Waals surface area contributed by atoms with Crippen LogP contribution in [-0.2, 0) is 12.8 Å². The zero-order chi connectivity index (χ0) is 13.0. The predicted molar refractivity (Wildman–Crippen MR) is 70.6 cm³/mol. The lowest BCUT2D eigenvalue weighted by Gasteiger charge is -2.03. The monoisotopic (exact) mass is 266 g/mol. The first-order valence-electron chi connectivity index (χ1n) is 5.68. The van der Waals surface area contributed by atoms with Crippen LogP contribution < -0.4 is 10.5 Å². The van der Waals surface area contributed by atoms with Crippen molar-refractivity contribution in [2.75, 3.05) is 13.7 Å². The van der Waals surface area contributed by atoms with Gasteiger partial charge in [0.05, 0.1) is 17.8 Å². The Balaban J connectivity index is 2.10. The fourth-order valence-electron chi connectivity index (χ4n) is 1.69. The number of thiazole rings is 1. The Bertz CT molecular complexity index is 527. The number of ether oxygens (including phenoxy) is 1. The van der Waals surface area contributed by atoms with Gasteiger partial charge in [-0.15, -0.1) is 11.3 Å². The lowest BCUT2D eigenvalue weighted by Crippen LogP contribution is -2.03. The van der Waals surface area contributed by atoms with Crippen LogP contribution in [0, 0.1) is 5.82 Å². The van der Waals surface area contributed by atoms with Gasteiger partial charge in [-0.05, 0) is 24.2 Å². The van der Waals surface area contributed by atoms with Crippen LogP contribution in [0.5, 0.6) is 5.75 Å². The Hall–Kier alpha value is -1.46. The number of benzene rings is 1. The molecule has 0 atom stereocenters. The molecule has 96 valence electrons. The highest BCUT2D eigenvalue weighted by Crippen LogP contribution is 2.21. The molecule has 18 heavy (non-hydrogen) atoms. The van der Waals surface area contributed by atoms with E-state index in [4.69, 9.17) is 10.5 Å². The molecule has 0 radical (unpaired) electrons. The van der Waals surface area contributed by atoms with E-state index >= 15 is 0 Å². The number of hydrogen-bond acceptors (Lipinski definition) is 4.